The van der Waals surface area contributed by atoms with Crippen LogP contribution in [0.1, 0.15) is 6.92 Å². The first-order valence-electron chi connectivity index (χ1n) is 3.30. The maximum Gasteiger partial charge on any atom is 0.255 e. The van der Waals surface area contributed by atoms with Gasteiger partial charge in [-0.1, -0.05) is 0 Å². The quantitative estimate of drug-likeness (QED) is 0.372. The van der Waals surface area contributed by atoms with Crippen LogP contribution in [0, 0.1) is 5.41 Å². The van der Waals surface area contributed by atoms with Gasteiger partial charge in [0.15, 0.2) is 6.29 Å². The van der Waals surface area contributed by atoms with Gasteiger partial charge in [0.2, 0.25) is 0 Å². The van der Waals surface area contributed by atoms with Crippen molar-refractivity contribution < 1.29 is 13.6 Å². The van der Waals surface area contributed by atoms with E-state index in [1.807, 2.05) is 0 Å². The normalized spacial score (nSPS) is 11.5. The fourth-order valence-corrected chi connectivity index (χ4v) is 0.489. The average Bonchev–Trinajstić information content (AvgIpc) is 1.96. The Labute approximate surface area is 69.0 Å². The van der Waals surface area contributed by atoms with E-state index in [0.29, 0.717) is 6.29 Å². The van der Waals surface area contributed by atoms with E-state index in [4.69, 9.17) is 5.41 Å². The fraction of sp³-hybridized carbons (Fsp3) is 0.429. The molecule has 0 aromatic carbocycles. The van der Waals surface area contributed by atoms with Crippen molar-refractivity contribution in [1.82, 2.24) is 5.32 Å². The minimum atomic E-state index is -2.46. The molecule has 0 spiro atoms. The molecule has 68 valence electrons. The van der Waals surface area contributed by atoms with E-state index in [1.54, 1.807) is 0 Å². The highest BCUT2D eigenvalue weighted by molar-refractivity contribution is 6.11. The average molecular weight is 176 g/mol. The molecule has 2 N–H and O–H groups in total. The largest absolute Gasteiger partial charge is 0.385 e. The van der Waals surface area contributed by atoms with Gasteiger partial charge in [-0.2, -0.15) is 0 Å². The zero-order valence-electron chi connectivity index (χ0n) is 6.60. The summed E-state index contributed by atoms with van der Waals surface area (Å²) in [7, 11) is 0. The lowest BCUT2D eigenvalue weighted by Crippen LogP contribution is -2.17. The lowest BCUT2D eigenvalue weighted by Gasteiger charge is -2.00. The van der Waals surface area contributed by atoms with Crippen LogP contribution < -0.4 is 5.32 Å². The molecule has 5 heteroatoms. The van der Waals surface area contributed by atoms with Crippen molar-refractivity contribution >= 4 is 12.0 Å². The van der Waals surface area contributed by atoms with Gasteiger partial charge in [0.1, 0.15) is 0 Å². The number of carbonyl (C=O) groups is 1. The minimum Gasteiger partial charge on any atom is -0.385 e. The molecular weight excluding hydrogens is 166 g/mol. The Kier molecular flexibility index (Phi) is 4.83. The van der Waals surface area contributed by atoms with E-state index >= 15 is 0 Å². The molecule has 0 heterocycles. The summed E-state index contributed by atoms with van der Waals surface area (Å²) in [5, 5.41) is 9.24. The van der Waals surface area contributed by atoms with Gasteiger partial charge in [-0.25, -0.2) is 8.78 Å². The van der Waals surface area contributed by atoms with Crippen LogP contribution in [0.2, 0.25) is 0 Å². The Morgan fingerprint density at radius 3 is 2.58 bits per heavy atom. The number of hydrogen-bond donors (Lipinski definition) is 2. The third-order valence-corrected chi connectivity index (χ3v) is 1.09. The molecule has 0 aliphatic carbocycles. The second kappa shape index (κ2) is 5.40. The number of nitrogens with one attached hydrogen (secondary N) is 2. The number of rotatable bonds is 5. The van der Waals surface area contributed by atoms with E-state index in [9.17, 15) is 13.6 Å². The maximum atomic E-state index is 11.6. The summed E-state index contributed by atoms with van der Waals surface area (Å²) in [6, 6.07) is 0. The third-order valence-electron chi connectivity index (χ3n) is 1.09. The lowest BCUT2D eigenvalue weighted by molar-refractivity contribution is -0.104. The van der Waals surface area contributed by atoms with Gasteiger partial charge in [0, 0.05) is 11.9 Å². The molecule has 0 aliphatic rings. The SMILES string of the molecule is CC(=N)/C(C=O)=C\NCC(F)F. The van der Waals surface area contributed by atoms with Crippen LogP contribution in [0.3, 0.4) is 0 Å². The van der Waals surface area contributed by atoms with Gasteiger partial charge in [0.05, 0.1) is 12.1 Å². The summed E-state index contributed by atoms with van der Waals surface area (Å²) in [4.78, 5) is 10.2. The predicted molar refractivity (Wildman–Crippen MR) is 41.6 cm³/mol. The Hall–Kier alpha value is -1.26. The smallest absolute Gasteiger partial charge is 0.255 e. The van der Waals surface area contributed by atoms with Crippen LogP contribution in [0.15, 0.2) is 11.8 Å². The van der Waals surface area contributed by atoms with Gasteiger partial charge in [0.25, 0.3) is 6.43 Å². The first-order valence-corrected chi connectivity index (χ1v) is 3.30. The van der Waals surface area contributed by atoms with Crippen LogP contribution in [0.5, 0.6) is 0 Å². The highest BCUT2D eigenvalue weighted by Crippen LogP contribution is 1.91. The number of allylic oxidation sites excluding steroid dienone is 1. The predicted octanol–water partition coefficient (Wildman–Crippen LogP) is 0.964. The molecule has 0 rings (SSSR count). The van der Waals surface area contributed by atoms with Crippen LogP contribution in [0.25, 0.3) is 0 Å². The van der Waals surface area contributed by atoms with Gasteiger partial charge < -0.3 is 10.7 Å². The van der Waals surface area contributed by atoms with E-state index < -0.39 is 13.0 Å². The highest BCUT2D eigenvalue weighted by atomic mass is 19.3. The Morgan fingerprint density at radius 1 is 1.67 bits per heavy atom. The zero-order chi connectivity index (χ0) is 9.56. The van der Waals surface area contributed by atoms with E-state index in [2.05, 4.69) is 5.32 Å². The molecular formula is C7H10F2N2O. The Bertz CT molecular complexity index is 202. The second-order valence-corrected chi connectivity index (χ2v) is 2.14. The third kappa shape index (κ3) is 4.54. The molecule has 0 unspecified atom stereocenters. The Balaban J connectivity index is 3.95. The number of alkyl halides is 2. The molecule has 0 bridgehead atoms. The standard InChI is InChI=1S/C7H10F2N2O/c1-5(10)6(4-12)2-11-3-7(8)9/h2,4,7,10-11H,3H2,1H3/b6-2-,10-5?. The molecule has 0 fully saturated rings. The summed E-state index contributed by atoms with van der Waals surface area (Å²) < 4.78 is 23.1. The van der Waals surface area contributed by atoms with Crippen molar-refractivity contribution in [3.05, 3.63) is 11.8 Å². The molecule has 0 aromatic heterocycles. The molecule has 0 saturated heterocycles. The first kappa shape index (κ1) is 10.7. The van der Waals surface area contributed by atoms with Gasteiger partial charge in [-0.15, -0.1) is 0 Å². The van der Waals surface area contributed by atoms with Crippen LogP contribution >= 0.6 is 0 Å². The van der Waals surface area contributed by atoms with Crippen LogP contribution in [0.4, 0.5) is 8.78 Å². The minimum absolute atomic E-state index is 0.0479. The molecule has 0 aromatic rings. The molecule has 0 aliphatic heterocycles. The summed E-state index contributed by atoms with van der Waals surface area (Å²) in [5.74, 6) is 0. The number of hydrogen-bond acceptors (Lipinski definition) is 3. The molecule has 0 saturated carbocycles. The number of aldehydes is 1. The molecule has 0 amide bonds. The van der Waals surface area contributed by atoms with E-state index in [1.165, 1.54) is 6.92 Å². The summed E-state index contributed by atoms with van der Waals surface area (Å²) in [5.41, 5.74) is 0.127. The molecule has 3 nitrogen and oxygen atoms in total. The monoisotopic (exact) mass is 176 g/mol. The number of halogens is 2. The van der Waals surface area contributed by atoms with Crippen molar-refractivity contribution in [1.29, 1.82) is 5.41 Å². The highest BCUT2D eigenvalue weighted by Gasteiger charge is 2.00. The maximum absolute atomic E-state index is 11.6. The summed E-state index contributed by atoms with van der Waals surface area (Å²) in [6.07, 6.45) is -0.900. The number of carbonyl (C=O) groups excluding carboxylic acids is 1. The topological polar surface area (TPSA) is 53.0 Å². The van der Waals surface area contributed by atoms with Gasteiger partial charge in [-0.05, 0) is 6.92 Å². The van der Waals surface area contributed by atoms with Crippen molar-refractivity contribution in [3.63, 3.8) is 0 Å². The zero-order valence-corrected chi connectivity index (χ0v) is 6.60. The summed E-state index contributed by atoms with van der Waals surface area (Å²) in [6.45, 7) is 0.898. The van der Waals surface area contributed by atoms with Gasteiger partial charge >= 0.3 is 0 Å². The summed E-state index contributed by atoms with van der Waals surface area (Å²) >= 11 is 0. The molecule has 12 heavy (non-hydrogen) atoms. The first-order chi connectivity index (χ1) is 5.57. The van der Waals surface area contributed by atoms with E-state index in [-0.39, 0.29) is 11.3 Å². The van der Waals surface area contributed by atoms with Crippen molar-refractivity contribution in [2.45, 2.75) is 13.3 Å². The Morgan fingerprint density at radius 2 is 2.25 bits per heavy atom. The van der Waals surface area contributed by atoms with Crippen molar-refractivity contribution in [3.8, 4) is 0 Å². The van der Waals surface area contributed by atoms with Crippen LogP contribution in [-0.2, 0) is 4.79 Å². The lowest BCUT2D eigenvalue weighted by atomic mass is 10.2. The van der Waals surface area contributed by atoms with Gasteiger partial charge in [-0.3, -0.25) is 4.79 Å². The van der Waals surface area contributed by atoms with Crippen molar-refractivity contribution in [2.24, 2.45) is 0 Å². The van der Waals surface area contributed by atoms with Crippen LogP contribution in [-0.4, -0.2) is 25.0 Å². The van der Waals surface area contributed by atoms with E-state index in [0.717, 1.165) is 6.20 Å². The molecule has 0 atom stereocenters. The second-order valence-electron chi connectivity index (χ2n) is 2.14. The molecule has 0 radical (unpaired) electrons. The van der Waals surface area contributed by atoms with Crippen molar-refractivity contribution in [2.75, 3.05) is 6.54 Å². The fourth-order valence-electron chi connectivity index (χ4n) is 0.489.